The number of nitrogens with zero attached hydrogens (tertiary/aromatic N) is 1. The normalized spacial score (nSPS) is 12.4. The maximum absolute atomic E-state index is 13.5. The van der Waals surface area contributed by atoms with Crippen LogP contribution >= 0.6 is 0 Å². The molecule has 0 heterocycles. The van der Waals surface area contributed by atoms with Crippen molar-refractivity contribution in [3.8, 4) is 5.75 Å². The first-order valence-corrected chi connectivity index (χ1v) is 10.3. The molecule has 0 aliphatic rings. The molecule has 0 N–H and O–H groups in total. The second-order valence-corrected chi connectivity index (χ2v) is 8.36. The molecule has 0 saturated heterocycles. The Balaban J connectivity index is 2.17. The van der Waals surface area contributed by atoms with Gasteiger partial charge in [0, 0.05) is 6.07 Å². The Kier molecular flexibility index (Phi) is 5.70. The first-order chi connectivity index (χ1) is 13.3. The van der Waals surface area contributed by atoms with Crippen LogP contribution in [-0.2, 0) is 10.0 Å². The van der Waals surface area contributed by atoms with Gasteiger partial charge in [0.15, 0.2) is 0 Å². The van der Waals surface area contributed by atoms with Crippen LogP contribution in [0.4, 0.5) is 10.1 Å². The fourth-order valence-electron chi connectivity index (χ4n) is 3.10. The van der Waals surface area contributed by atoms with Gasteiger partial charge in [0.2, 0.25) is 0 Å². The topological polar surface area (TPSA) is 46.6 Å². The summed E-state index contributed by atoms with van der Waals surface area (Å²) in [5.41, 5.74) is 2.36. The number of methoxy groups -OCH3 is 1. The molecule has 1 unspecified atom stereocenters. The van der Waals surface area contributed by atoms with Crippen molar-refractivity contribution in [1.29, 1.82) is 0 Å². The number of benzene rings is 3. The molecule has 3 rings (SSSR count). The summed E-state index contributed by atoms with van der Waals surface area (Å²) >= 11 is 0. The molecular formula is C22H22FNO3S. The molecule has 4 nitrogen and oxygen atoms in total. The van der Waals surface area contributed by atoms with Gasteiger partial charge in [-0.2, -0.15) is 0 Å². The van der Waals surface area contributed by atoms with Crippen molar-refractivity contribution in [3.63, 3.8) is 0 Å². The maximum Gasteiger partial charge on any atom is 0.264 e. The zero-order valence-electron chi connectivity index (χ0n) is 16.0. The number of hydrogen-bond donors (Lipinski definition) is 0. The number of halogens is 1. The second kappa shape index (κ2) is 8.02. The summed E-state index contributed by atoms with van der Waals surface area (Å²) in [6.45, 7) is 3.79. The number of sulfonamides is 1. The summed E-state index contributed by atoms with van der Waals surface area (Å²) in [7, 11) is -2.42. The fourth-order valence-corrected chi connectivity index (χ4v) is 4.74. The van der Waals surface area contributed by atoms with Gasteiger partial charge < -0.3 is 4.74 Å². The molecular weight excluding hydrogens is 377 g/mol. The van der Waals surface area contributed by atoms with Crippen LogP contribution in [-0.4, -0.2) is 15.5 Å². The van der Waals surface area contributed by atoms with Crippen LogP contribution in [0.2, 0.25) is 0 Å². The van der Waals surface area contributed by atoms with Gasteiger partial charge in [-0.25, -0.2) is 12.8 Å². The van der Waals surface area contributed by atoms with Gasteiger partial charge in [-0.05, 0) is 55.8 Å². The number of rotatable bonds is 6. The Morgan fingerprint density at radius 1 is 0.964 bits per heavy atom. The SMILES string of the molecule is COc1cccc(N(C(C)c2cccc(C)c2)S(=O)(=O)c2ccc(F)cc2)c1. The standard InChI is InChI=1S/C22H22FNO3S/c1-16-6-4-7-18(14-16)17(2)24(20-8-5-9-21(15-20)27-3)28(25,26)22-12-10-19(23)11-13-22/h4-15,17H,1-3H3. The van der Waals surface area contributed by atoms with Crippen LogP contribution in [0, 0.1) is 12.7 Å². The van der Waals surface area contributed by atoms with Gasteiger partial charge in [-0.1, -0.05) is 35.9 Å². The smallest absolute Gasteiger partial charge is 0.264 e. The monoisotopic (exact) mass is 399 g/mol. The van der Waals surface area contributed by atoms with Crippen molar-refractivity contribution < 1.29 is 17.5 Å². The first-order valence-electron chi connectivity index (χ1n) is 8.83. The van der Waals surface area contributed by atoms with Gasteiger partial charge in [0.25, 0.3) is 10.0 Å². The Morgan fingerprint density at radius 3 is 2.29 bits per heavy atom. The van der Waals surface area contributed by atoms with Crippen LogP contribution in [0.25, 0.3) is 0 Å². The van der Waals surface area contributed by atoms with E-state index in [-0.39, 0.29) is 4.90 Å². The summed E-state index contributed by atoms with van der Waals surface area (Å²) in [6, 6.07) is 19.0. The van der Waals surface area contributed by atoms with Crippen molar-refractivity contribution in [1.82, 2.24) is 0 Å². The lowest BCUT2D eigenvalue weighted by Crippen LogP contribution is -2.33. The number of anilines is 1. The minimum atomic E-state index is -3.94. The Labute approximate surface area is 165 Å². The summed E-state index contributed by atoms with van der Waals surface area (Å²) in [5, 5.41) is 0. The molecule has 0 aromatic heterocycles. The second-order valence-electron chi connectivity index (χ2n) is 6.55. The highest BCUT2D eigenvalue weighted by atomic mass is 32.2. The molecule has 28 heavy (non-hydrogen) atoms. The summed E-state index contributed by atoms with van der Waals surface area (Å²) < 4.78 is 47.0. The Morgan fingerprint density at radius 2 is 1.64 bits per heavy atom. The molecule has 0 amide bonds. The quantitative estimate of drug-likeness (QED) is 0.579. The molecule has 0 bridgehead atoms. The largest absolute Gasteiger partial charge is 0.497 e. The van der Waals surface area contributed by atoms with E-state index in [1.165, 1.54) is 23.5 Å². The van der Waals surface area contributed by atoms with Crippen molar-refractivity contribution >= 4 is 15.7 Å². The predicted octanol–water partition coefficient (Wildman–Crippen LogP) is 5.10. The van der Waals surface area contributed by atoms with Crippen LogP contribution in [0.5, 0.6) is 5.75 Å². The lowest BCUT2D eigenvalue weighted by molar-refractivity contribution is 0.415. The minimum absolute atomic E-state index is 0.0243. The van der Waals surface area contributed by atoms with E-state index in [4.69, 9.17) is 4.74 Å². The Bertz CT molecular complexity index is 1070. The molecule has 146 valence electrons. The zero-order valence-corrected chi connectivity index (χ0v) is 16.8. The molecule has 6 heteroatoms. The zero-order chi connectivity index (χ0) is 20.3. The maximum atomic E-state index is 13.5. The molecule has 0 saturated carbocycles. The number of hydrogen-bond acceptors (Lipinski definition) is 3. The fraction of sp³-hybridized carbons (Fsp3) is 0.182. The predicted molar refractivity (Wildman–Crippen MR) is 109 cm³/mol. The minimum Gasteiger partial charge on any atom is -0.497 e. The van der Waals surface area contributed by atoms with E-state index in [0.29, 0.717) is 11.4 Å². The third-order valence-corrected chi connectivity index (χ3v) is 6.47. The summed E-state index contributed by atoms with van der Waals surface area (Å²) in [6.07, 6.45) is 0. The van der Waals surface area contributed by atoms with Gasteiger partial charge in [-0.15, -0.1) is 0 Å². The van der Waals surface area contributed by atoms with Gasteiger partial charge in [0.1, 0.15) is 11.6 Å². The molecule has 1 atom stereocenters. The average Bonchev–Trinajstić information content (AvgIpc) is 2.68. The van der Waals surface area contributed by atoms with E-state index in [1.807, 2.05) is 38.1 Å². The average molecular weight is 399 g/mol. The van der Waals surface area contributed by atoms with Gasteiger partial charge >= 0.3 is 0 Å². The lowest BCUT2D eigenvalue weighted by Gasteiger charge is -2.31. The van der Waals surface area contributed by atoms with Crippen LogP contribution in [0.1, 0.15) is 24.1 Å². The third-order valence-electron chi connectivity index (χ3n) is 4.55. The lowest BCUT2D eigenvalue weighted by atomic mass is 10.1. The molecule has 3 aromatic rings. The van der Waals surface area contributed by atoms with E-state index in [2.05, 4.69) is 0 Å². The van der Waals surface area contributed by atoms with E-state index >= 15 is 0 Å². The number of ether oxygens (including phenoxy) is 1. The first kappa shape index (κ1) is 19.9. The molecule has 0 spiro atoms. The molecule has 0 radical (unpaired) electrons. The van der Waals surface area contributed by atoms with E-state index in [1.54, 1.807) is 24.3 Å². The third kappa shape index (κ3) is 4.02. The highest BCUT2D eigenvalue weighted by Gasteiger charge is 2.30. The van der Waals surface area contributed by atoms with Crippen molar-refractivity contribution in [2.75, 3.05) is 11.4 Å². The highest BCUT2D eigenvalue weighted by molar-refractivity contribution is 7.92. The Hall–Kier alpha value is -2.86. The molecule has 0 fully saturated rings. The molecule has 0 aliphatic heterocycles. The molecule has 3 aromatic carbocycles. The van der Waals surface area contributed by atoms with Crippen LogP contribution in [0.15, 0.2) is 77.7 Å². The number of aryl methyl sites for hydroxylation is 1. The van der Waals surface area contributed by atoms with Crippen molar-refractivity contribution in [2.24, 2.45) is 0 Å². The summed E-state index contributed by atoms with van der Waals surface area (Å²) in [4.78, 5) is 0.0243. The van der Waals surface area contributed by atoms with E-state index in [9.17, 15) is 12.8 Å². The van der Waals surface area contributed by atoms with Crippen LogP contribution < -0.4 is 9.04 Å². The van der Waals surface area contributed by atoms with Crippen molar-refractivity contribution in [2.45, 2.75) is 24.8 Å². The molecule has 0 aliphatic carbocycles. The highest BCUT2D eigenvalue weighted by Crippen LogP contribution is 2.35. The van der Waals surface area contributed by atoms with E-state index in [0.717, 1.165) is 23.3 Å². The van der Waals surface area contributed by atoms with E-state index < -0.39 is 21.9 Å². The van der Waals surface area contributed by atoms with Gasteiger partial charge in [-0.3, -0.25) is 4.31 Å². The summed E-state index contributed by atoms with van der Waals surface area (Å²) in [5.74, 6) is 0.0619. The van der Waals surface area contributed by atoms with Gasteiger partial charge in [0.05, 0.1) is 23.7 Å². The van der Waals surface area contributed by atoms with Crippen molar-refractivity contribution in [3.05, 3.63) is 89.7 Å². The van der Waals surface area contributed by atoms with Crippen LogP contribution in [0.3, 0.4) is 0 Å².